The number of fused-ring (bicyclic) bond motifs is 1. The molecule has 23 heavy (non-hydrogen) atoms. The van der Waals surface area contributed by atoms with E-state index in [1.54, 1.807) is 6.20 Å². The number of aromatic amines is 1. The van der Waals surface area contributed by atoms with Gasteiger partial charge in [-0.2, -0.15) is 5.10 Å². The fraction of sp³-hybridized carbons (Fsp3) is 0.706. The van der Waals surface area contributed by atoms with E-state index in [9.17, 15) is 4.79 Å². The van der Waals surface area contributed by atoms with E-state index in [4.69, 9.17) is 9.72 Å². The van der Waals surface area contributed by atoms with Crippen molar-refractivity contribution in [2.24, 2.45) is 5.92 Å². The van der Waals surface area contributed by atoms with E-state index in [0.29, 0.717) is 11.3 Å². The van der Waals surface area contributed by atoms with Gasteiger partial charge in [0.05, 0.1) is 12.2 Å². The highest BCUT2D eigenvalue weighted by atomic mass is 16.5. The van der Waals surface area contributed by atoms with Crippen LogP contribution in [0.4, 0.5) is 0 Å². The van der Waals surface area contributed by atoms with Crippen LogP contribution in [0.1, 0.15) is 64.2 Å². The SMILES string of the molecule is CCC(C)[C@@H](CC)c1nc2c(cnn2C2CCOCC2)c(=O)[nH]1. The van der Waals surface area contributed by atoms with Gasteiger partial charge >= 0.3 is 0 Å². The van der Waals surface area contributed by atoms with Gasteiger partial charge in [0.1, 0.15) is 11.2 Å². The summed E-state index contributed by atoms with van der Waals surface area (Å²) < 4.78 is 7.36. The number of hydrogen-bond donors (Lipinski definition) is 1. The molecule has 1 fully saturated rings. The van der Waals surface area contributed by atoms with Gasteiger partial charge < -0.3 is 9.72 Å². The highest BCUT2D eigenvalue weighted by Crippen LogP contribution is 2.29. The third-order valence-electron chi connectivity index (χ3n) is 5.14. The van der Waals surface area contributed by atoms with Crippen molar-refractivity contribution >= 4 is 11.0 Å². The van der Waals surface area contributed by atoms with Crippen molar-refractivity contribution in [3.63, 3.8) is 0 Å². The predicted molar refractivity (Wildman–Crippen MR) is 89.7 cm³/mol. The molecule has 0 aromatic carbocycles. The van der Waals surface area contributed by atoms with Gasteiger partial charge in [0.15, 0.2) is 5.65 Å². The molecule has 0 saturated carbocycles. The second-order valence-corrected chi connectivity index (χ2v) is 6.52. The lowest BCUT2D eigenvalue weighted by atomic mass is 9.89. The summed E-state index contributed by atoms with van der Waals surface area (Å²) in [5, 5.41) is 5.03. The van der Waals surface area contributed by atoms with Crippen LogP contribution in [0.15, 0.2) is 11.0 Å². The second-order valence-electron chi connectivity index (χ2n) is 6.52. The zero-order valence-electron chi connectivity index (χ0n) is 14.2. The van der Waals surface area contributed by atoms with E-state index >= 15 is 0 Å². The molecule has 0 bridgehead atoms. The summed E-state index contributed by atoms with van der Waals surface area (Å²) in [7, 11) is 0. The zero-order chi connectivity index (χ0) is 16.4. The highest BCUT2D eigenvalue weighted by molar-refractivity contribution is 5.73. The van der Waals surface area contributed by atoms with Crippen LogP contribution < -0.4 is 5.56 Å². The number of H-pyrrole nitrogens is 1. The Kier molecular flexibility index (Phi) is 4.80. The lowest BCUT2D eigenvalue weighted by Crippen LogP contribution is -2.22. The number of rotatable bonds is 5. The molecule has 2 atom stereocenters. The maximum atomic E-state index is 12.5. The van der Waals surface area contributed by atoms with Gasteiger partial charge in [0, 0.05) is 19.1 Å². The molecule has 3 heterocycles. The fourth-order valence-corrected chi connectivity index (χ4v) is 3.48. The topological polar surface area (TPSA) is 72.8 Å². The first-order chi connectivity index (χ1) is 11.2. The normalized spacial score (nSPS) is 19.1. The molecule has 6 heteroatoms. The van der Waals surface area contributed by atoms with E-state index in [2.05, 4.69) is 30.9 Å². The Morgan fingerprint density at radius 1 is 1.35 bits per heavy atom. The average Bonchev–Trinajstić information content (AvgIpc) is 3.00. The number of nitrogens with one attached hydrogen (secondary N) is 1. The molecule has 1 unspecified atom stereocenters. The van der Waals surface area contributed by atoms with Crippen molar-refractivity contribution in [1.82, 2.24) is 19.7 Å². The van der Waals surface area contributed by atoms with Gasteiger partial charge in [0.25, 0.3) is 5.56 Å². The second kappa shape index (κ2) is 6.83. The summed E-state index contributed by atoms with van der Waals surface area (Å²) in [6.45, 7) is 8.03. The summed E-state index contributed by atoms with van der Waals surface area (Å²) in [6.07, 6.45) is 5.52. The van der Waals surface area contributed by atoms with Crippen molar-refractivity contribution in [3.8, 4) is 0 Å². The molecular formula is C17H26N4O2. The predicted octanol–water partition coefficient (Wildman–Crippen LogP) is 3.01. The average molecular weight is 318 g/mol. The van der Waals surface area contributed by atoms with Gasteiger partial charge in [0.2, 0.25) is 0 Å². The summed E-state index contributed by atoms with van der Waals surface area (Å²) in [6, 6.07) is 0.270. The monoisotopic (exact) mass is 318 g/mol. The Bertz CT molecular complexity index is 715. The first-order valence-corrected chi connectivity index (χ1v) is 8.70. The van der Waals surface area contributed by atoms with Crippen molar-refractivity contribution in [2.75, 3.05) is 13.2 Å². The number of hydrogen-bond acceptors (Lipinski definition) is 4. The molecular weight excluding hydrogens is 292 g/mol. The minimum absolute atomic E-state index is 0.0786. The van der Waals surface area contributed by atoms with Crippen LogP contribution in [0, 0.1) is 5.92 Å². The third kappa shape index (κ3) is 3.04. The maximum absolute atomic E-state index is 12.5. The standard InChI is InChI=1S/C17H26N4O2/c1-4-11(3)13(5-2)15-19-16-14(17(22)20-15)10-18-21(16)12-6-8-23-9-7-12/h10-13H,4-9H2,1-3H3,(H,19,20,22)/t11?,13-/m1/s1. The van der Waals surface area contributed by atoms with E-state index in [1.165, 1.54) is 0 Å². The first-order valence-electron chi connectivity index (χ1n) is 8.70. The van der Waals surface area contributed by atoms with Crippen LogP contribution in [-0.2, 0) is 4.74 Å². The molecule has 0 spiro atoms. The molecule has 1 saturated heterocycles. The molecule has 126 valence electrons. The Morgan fingerprint density at radius 3 is 2.74 bits per heavy atom. The molecule has 0 amide bonds. The van der Waals surface area contributed by atoms with E-state index in [1.807, 2.05) is 4.68 Å². The summed E-state index contributed by atoms with van der Waals surface area (Å²) in [5.41, 5.74) is 0.641. The van der Waals surface area contributed by atoms with Crippen LogP contribution in [-0.4, -0.2) is 33.0 Å². The lowest BCUT2D eigenvalue weighted by Gasteiger charge is -2.23. The lowest BCUT2D eigenvalue weighted by molar-refractivity contribution is 0.0673. The summed E-state index contributed by atoms with van der Waals surface area (Å²) in [4.78, 5) is 20.3. The fourth-order valence-electron chi connectivity index (χ4n) is 3.48. The summed E-state index contributed by atoms with van der Waals surface area (Å²) >= 11 is 0. The minimum atomic E-state index is -0.0786. The molecule has 2 aromatic heterocycles. The molecule has 6 nitrogen and oxygen atoms in total. The maximum Gasteiger partial charge on any atom is 0.262 e. The Morgan fingerprint density at radius 2 is 2.09 bits per heavy atom. The Labute approximate surface area is 136 Å². The van der Waals surface area contributed by atoms with E-state index < -0.39 is 0 Å². The van der Waals surface area contributed by atoms with Gasteiger partial charge in [-0.3, -0.25) is 4.79 Å². The Hall–Kier alpha value is -1.69. The molecule has 2 aromatic rings. The molecule has 0 radical (unpaired) electrons. The van der Waals surface area contributed by atoms with Gasteiger partial charge in [-0.1, -0.05) is 27.2 Å². The quantitative estimate of drug-likeness (QED) is 0.919. The van der Waals surface area contributed by atoms with E-state index in [-0.39, 0.29) is 17.5 Å². The number of ether oxygens (including phenoxy) is 1. The van der Waals surface area contributed by atoms with Crippen LogP contribution in [0.2, 0.25) is 0 Å². The van der Waals surface area contributed by atoms with Crippen LogP contribution in [0.3, 0.4) is 0 Å². The van der Waals surface area contributed by atoms with Crippen LogP contribution in [0.25, 0.3) is 11.0 Å². The zero-order valence-corrected chi connectivity index (χ0v) is 14.2. The number of nitrogens with zero attached hydrogens (tertiary/aromatic N) is 3. The van der Waals surface area contributed by atoms with Crippen molar-refractivity contribution in [2.45, 2.75) is 58.4 Å². The van der Waals surface area contributed by atoms with Gasteiger partial charge in [-0.25, -0.2) is 9.67 Å². The number of aromatic nitrogens is 4. The Balaban J connectivity index is 2.06. The largest absolute Gasteiger partial charge is 0.381 e. The van der Waals surface area contributed by atoms with Crippen molar-refractivity contribution in [3.05, 3.63) is 22.4 Å². The smallest absolute Gasteiger partial charge is 0.262 e. The van der Waals surface area contributed by atoms with Gasteiger partial charge in [-0.15, -0.1) is 0 Å². The van der Waals surface area contributed by atoms with Crippen molar-refractivity contribution < 1.29 is 4.74 Å². The first kappa shape index (κ1) is 16.2. The molecule has 1 aliphatic rings. The molecule has 0 aliphatic carbocycles. The third-order valence-corrected chi connectivity index (χ3v) is 5.14. The van der Waals surface area contributed by atoms with Gasteiger partial charge in [-0.05, 0) is 25.2 Å². The minimum Gasteiger partial charge on any atom is -0.381 e. The summed E-state index contributed by atoms with van der Waals surface area (Å²) in [5.74, 6) is 1.56. The van der Waals surface area contributed by atoms with Crippen molar-refractivity contribution in [1.29, 1.82) is 0 Å². The molecule has 1 aliphatic heterocycles. The van der Waals surface area contributed by atoms with E-state index in [0.717, 1.165) is 50.4 Å². The molecule has 1 N–H and O–H groups in total. The highest BCUT2D eigenvalue weighted by Gasteiger charge is 2.23. The van der Waals surface area contributed by atoms with Crippen LogP contribution >= 0.6 is 0 Å². The molecule has 3 rings (SSSR count). The van der Waals surface area contributed by atoms with Crippen LogP contribution in [0.5, 0.6) is 0 Å².